The second-order valence-corrected chi connectivity index (χ2v) is 4.53. The summed E-state index contributed by atoms with van der Waals surface area (Å²) in [5, 5.41) is 3.40. The molecule has 0 bridgehead atoms. The molecule has 0 amide bonds. The summed E-state index contributed by atoms with van der Waals surface area (Å²) in [6.07, 6.45) is 0.710. The lowest BCUT2D eigenvalue weighted by Crippen LogP contribution is -2.28. The van der Waals surface area contributed by atoms with E-state index in [0.717, 1.165) is 5.70 Å². The first-order valence-corrected chi connectivity index (χ1v) is 6.42. The molecule has 0 fully saturated rings. The SMILES string of the molecule is COC(=O)C1=C(N[C@H](C)c2ccccc2)CCOC1. The van der Waals surface area contributed by atoms with Crippen LogP contribution in [0.15, 0.2) is 41.6 Å². The lowest BCUT2D eigenvalue weighted by atomic mass is 10.1. The Morgan fingerprint density at radius 1 is 1.37 bits per heavy atom. The van der Waals surface area contributed by atoms with E-state index in [2.05, 4.69) is 24.4 Å². The molecule has 0 radical (unpaired) electrons. The Kier molecular flexibility index (Phi) is 4.58. The van der Waals surface area contributed by atoms with E-state index in [1.165, 1.54) is 12.7 Å². The van der Waals surface area contributed by atoms with Gasteiger partial charge in [-0.25, -0.2) is 4.79 Å². The molecule has 0 unspecified atom stereocenters. The van der Waals surface area contributed by atoms with Crippen LogP contribution >= 0.6 is 0 Å². The van der Waals surface area contributed by atoms with Gasteiger partial charge in [0.15, 0.2) is 0 Å². The highest BCUT2D eigenvalue weighted by Crippen LogP contribution is 2.20. The number of methoxy groups -OCH3 is 1. The van der Waals surface area contributed by atoms with Crippen molar-refractivity contribution in [1.29, 1.82) is 0 Å². The highest BCUT2D eigenvalue weighted by atomic mass is 16.5. The van der Waals surface area contributed by atoms with E-state index in [-0.39, 0.29) is 12.0 Å². The zero-order valence-electron chi connectivity index (χ0n) is 11.3. The minimum Gasteiger partial charge on any atom is -0.466 e. The third-order valence-electron chi connectivity index (χ3n) is 3.23. The Balaban J connectivity index is 2.15. The first-order chi connectivity index (χ1) is 9.22. The number of carbonyl (C=O) groups excluding carboxylic acids is 1. The molecule has 0 saturated carbocycles. The van der Waals surface area contributed by atoms with Crippen LogP contribution in [0.1, 0.15) is 24.9 Å². The summed E-state index contributed by atoms with van der Waals surface area (Å²) in [5.41, 5.74) is 2.71. The number of nitrogens with one attached hydrogen (secondary N) is 1. The van der Waals surface area contributed by atoms with Crippen molar-refractivity contribution in [3.8, 4) is 0 Å². The van der Waals surface area contributed by atoms with Gasteiger partial charge in [0.2, 0.25) is 0 Å². The van der Waals surface area contributed by atoms with Gasteiger partial charge >= 0.3 is 5.97 Å². The quantitative estimate of drug-likeness (QED) is 0.844. The van der Waals surface area contributed by atoms with Crippen molar-refractivity contribution >= 4 is 5.97 Å². The van der Waals surface area contributed by atoms with Crippen LogP contribution in [0.4, 0.5) is 0 Å². The van der Waals surface area contributed by atoms with E-state index in [1.807, 2.05) is 18.2 Å². The Morgan fingerprint density at radius 3 is 2.79 bits per heavy atom. The summed E-state index contributed by atoms with van der Waals surface area (Å²) in [6, 6.07) is 10.3. The fourth-order valence-corrected chi connectivity index (χ4v) is 2.14. The summed E-state index contributed by atoms with van der Waals surface area (Å²) in [4.78, 5) is 11.7. The lowest BCUT2D eigenvalue weighted by molar-refractivity contribution is -0.137. The lowest BCUT2D eigenvalue weighted by Gasteiger charge is -2.24. The van der Waals surface area contributed by atoms with Crippen LogP contribution in [0.5, 0.6) is 0 Å². The largest absolute Gasteiger partial charge is 0.466 e. The molecule has 0 aliphatic carbocycles. The Labute approximate surface area is 113 Å². The predicted octanol–water partition coefficient (Wildman–Crippen LogP) is 2.18. The second-order valence-electron chi connectivity index (χ2n) is 4.53. The average molecular weight is 261 g/mol. The number of hydrogen-bond acceptors (Lipinski definition) is 4. The van der Waals surface area contributed by atoms with E-state index >= 15 is 0 Å². The molecule has 102 valence electrons. The van der Waals surface area contributed by atoms with Crippen molar-refractivity contribution in [2.75, 3.05) is 20.3 Å². The topological polar surface area (TPSA) is 47.6 Å². The molecule has 0 spiro atoms. The molecule has 1 N–H and O–H groups in total. The summed E-state index contributed by atoms with van der Waals surface area (Å²) in [7, 11) is 1.39. The molecule has 19 heavy (non-hydrogen) atoms. The predicted molar refractivity (Wildman–Crippen MR) is 72.5 cm³/mol. The van der Waals surface area contributed by atoms with Crippen LogP contribution < -0.4 is 5.32 Å². The molecule has 2 rings (SSSR count). The number of esters is 1. The van der Waals surface area contributed by atoms with Crippen molar-refractivity contribution in [2.45, 2.75) is 19.4 Å². The molecule has 4 nitrogen and oxygen atoms in total. The Bertz CT molecular complexity index is 468. The summed E-state index contributed by atoms with van der Waals surface area (Å²) in [6.45, 7) is 3.02. The smallest absolute Gasteiger partial charge is 0.337 e. The van der Waals surface area contributed by atoms with Crippen LogP contribution in [0.2, 0.25) is 0 Å². The number of carbonyl (C=O) groups is 1. The summed E-state index contributed by atoms with van der Waals surface area (Å²) < 4.78 is 10.1. The van der Waals surface area contributed by atoms with Gasteiger partial charge in [0, 0.05) is 18.2 Å². The minimum atomic E-state index is -0.317. The average Bonchev–Trinajstić information content (AvgIpc) is 2.48. The van der Waals surface area contributed by atoms with E-state index in [4.69, 9.17) is 9.47 Å². The number of hydrogen-bond donors (Lipinski definition) is 1. The maximum Gasteiger partial charge on any atom is 0.337 e. The maximum atomic E-state index is 11.7. The molecule has 1 aromatic rings. The van der Waals surface area contributed by atoms with Crippen LogP contribution in [0, 0.1) is 0 Å². The molecular weight excluding hydrogens is 242 g/mol. The molecule has 1 atom stereocenters. The second kappa shape index (κ2) is 6.38. The fourth-order valence-electron chi connectivity index (χ4n) is 2.14. The number of benzene rings is 1. The van der Waals surface area contributed by atoms with Gasteiger partial charge in [-0.1, -0.05) is 30.3 Å². The Hall–Kier alpha value is -1.81. The maximum absolute atomic E-state index is 11.7. The van der Waals surface area contributed by atoms with Gasteiger partial charge in [-0.15, -0.1) is 0 Å². The van der Waals surface area contributed by atoms with Gasteiger partial charge in [-0.05, 0) is 12.5 Å². The van der Waals surface area contributed by atoms with Crippen LogP contribution in [-0.4, -0.2) is 26.3 Å². The standard InChI is InChI=1S/C15H19NO3/c1-11(12-6-4-3-5-7-12)16-14-8-9-19-10-13(14)15(17)18-2/h3-7,11,16H,8-10H2,1-2H3/t11-/m1/s1. The van der Waals surface area contributed by atoms with E-state index in [1.54, 1.807) is 0 Å². The van der Waals surface area contributed by atoms with Crippen LogP contribution in [-0.2, 0) is 14.3 Å². The zero-order valence-corrected chi connectivity index (χ0v) is 11.3. The normalized spacial score (nSPS) is 16.9. The van der Waals surface area contributed by atoms with Gasteiger partial charge in [0.25, 0.3) is 0 Å². The van der Waals surface area contributed by atoms with Crippen molar-refractivity contribution in [2.24, 2.45) is 0 Å². The van der Waals surface area contributed by atoms with Crippen LogP contribution in [0.3, 0.4) is 0 Å². The van der Waals surface area contributed by atoms with Crippen molar-refractivity contribution in [1.82, 2.24) is 5.32 Å². The molecule has 1 aliphatic heterocycles. The van der Waals surface area contributed by atoms with E-state index in [0.29, 0.717) is 25.2 Å². The highest BCUT2D eigenvalue weighted by Gasteiger charge is 2.21. The first kappa shape index (κ1) is 13.6. The van der Waals surface area contributed by atoms with Gasteiger partial charge < -0.3 is 14.8 Å². The van der Waals surface area contributed by atoms with Crippen molar-refractivity contribution in [3.05, 3.63) is 47.2 Å². The fraction of sp³-hybridized carbons (Fsp3) is 0.400. The summed E-state index contributed by atoms with van der Waals surface area (Å²) >= 11 is 0. The van der Waals surface area contributed by atoms with Crippen molar-refractivity contribution < 1.29 is 14.3 Å². The van der Waals surface area contributed by atoms with Gasteiger partial charge in [-0.2, -0.15) is 0 Å². The van der Waals surface area contributed by atoms with E-state index in [9.17, 15) is 4.79 Å². The molecule has 1 aromatic carbocycles. The number of rotatable bonds is 4. The molecule has 0 saturated heterocycles. The molecule has 0 aromatic heterocycles. The van der Waals surface area contributed by atoms with Gasteiger partial charge in [0.05, 0.1) is 25.9 Å². The molecule has 4 heteroatoms. The monoisotopic (exact) mass is 261 g/mol. The molecule has 1 aliphatic rings. The summed E-state index contributed by atoms with van der Waals surface area (Å²) in [5.74, 6) is -0.317. The van der Waals surface area contributed by atoms with E-state index < -0.39 is 0 Å². The minimum absolute atomic E-state index is 0.147. The first-order valence-electron chi connectivity index (χ1n) is 6.42. The Morgan fingerprint density at radius 2 is 2.11 bits per heavy atom. The van der Waals surface area contributed by atoms with Crippen molar-refractivity contribution in [3.63, 3.8) is 0 Å². The molecular formula is C15H19NO3. The van der Waals surface area contributed by atoms with Gasteiger partial charge in [-0.3, -0.25) is 0 Å². The van der Waals surface area contributed by atoms with Crippen LogP contribution in [0.25, 0.3) is 0 Å². The zero-order chi connectivity index (χ0) is 13.7. The molecule has 1 heterocycles. The third kappa shape index (κ3) is 3.35. The number of ether oxygens (including phenoxy) is 2. The highest BCUT2D eigenvalue weighted by molar-refractivity contribution is 5.89. The third-order valence-corrected chi connectivity index (χ3v) is 3.23. The van der Waals surface area contributed by atoms with Gasteiger partial charge in [0.1, 0.15) is 0 Å².